The Kier molecular flexibility index (Phi) is 5.51. The second kappa shape index (κ2) is 8.62. The second-order valence-electron chi connectivity index (χ2n) is 7.57. The van der Waals surface area contributed by atoms with Gasteiger partial charge in [0.25, 0.3) is 0 Å². The first-order valence-corrected chi connectivity index (χ1v) is 10.1. The smallest absolute Gasteiger partial charge is 0.346 e. The summed E-state index contributed by atoms with van der Waals surface area (Å²) in [6.07, 6.45) is 0. The Morgan fingerprint density at radius 3 is 1.18 bits per heavy atom. The summed E-state index contributed by atoms with van der Waals surface area (Å²) in [5, 5.41) is 0. The topological polar surface area (TPSA) is 139 Å². The molecule has 0 saturated carbocycles. The molecule has 5 rings (SSSR count). The van der Waals surface area contributed by atoms with E-state index in [1.54, 1.807) is 0 Å². The first-order chi connectivity index (χ1) is 18.0. The van der Waals surface area contributed by atoms with E-state index in [9.17, 15) is 46.3 Å². The third kappa shape index (κ3) is 3.75. The lowest BCUT2D eigenvalue weighted by atomic mass is 10.1. The van der Waals surface area contributed by atoms with E-state index in [0.717, 1.165) is 36.4 Å². The Bertz CT molecular complexity index is 1530. The van der Waals surface area contributed by atoms with Crippen LogP contribution in [0, 0.1) is 23.3 Å². The quantitative estimate of drug-likeness (QED) is 0.162. The maximum Gasteiger partial charge on any atom is 0.346 e. The predicted molar refractivity (Wildman–Crippen MR) is 109 cm³/mol. The summed E-state index contributed by atoms with van der Waals surface area (Å²) in [4.78, 5) is 70.9. The van der Waals surface area contributed by atoms with Crippen molar-refractivity contribution in [3.63, 3.8) is 0 Å². The molecule has 0 unspecified atom stereocenters. The summed E-state index contributed by atoms with van der Waals surface area (Å²) in [6.45, 7) is 0. The van der Waals surface area contributed by atoms with E-state index >= 15 is 0 Å². The van der Waals surface area contributed by atoms with Crippen LogP contribution in [0.25, 0.3) is 0 Å². The highest BCUT2D eigenvalue weighted by atomic mass is 19.2. The summed E-state index contributed by atoms with van der Waals surface area (Å²) in [7, 11) is 0. The zero-order valence-electron chi connectivity index (χ0n) is 18.1. The summed E-state index contributed by atoms with van der Waals surface area (Å²) in [5.74, 6) is -20.0. The van der Waals surface area contributed by atoms with Gasteiger partial charge in [-0.15, -0.1) is 0 Å². The maximum absolute atomic E-state index is 14.6. The second-order valence-corrected chi connectivity index (χ2v) is 7.57. The molecule has 2 heterocycles. The number of rotatable bonds is 4. The van der Waals surface area contributed by atoms with Crippen molar-refractivity contribution in [1.82, 2.24) is 0 Å². The van der Waals surface area contributed by atoms with Crippen LogP contribution in [0.1, 0.15) is 62.1 Å². The van der Waals surface area contributed by atoms with Gasteiger partial charge < -0.3 is 18.9 Å². The van der Waals surface area contributed by atoms with Gasteiger partial charge in [-0.3, -0.25) is 0 Å². The third-order valence-corrected chi connectivity index (χ3v) is 5.33. The van der Waals surface area contributed by atoms with Crippen molar-refractivity contribution in [2.75, 3.05) is 0 Å². The average Bonchev–Trinajstić information content (AvgIpc) is 3.35. The molecule has 0 bridgehead atoms. The Morgan fingerprint density at radius 1 is 0.526 bits per heavy atom. The van der Waals surface area contributed by atoms with Crippen molar-refractivity contribution >= 4 is 35.8 Å². The molecule has 0 spiro atoms. The van der Waals surface area contributed by atoms with Gasteiger partial charge >= 0.3 is 35.8 Å². The number of carbonyl (C=O) groups excluding carboxylic acids is 6. The molecule has 2 aliphatic heterocycles. The van der Waals surface area contributed by atoms with Gasteiger partial charge in [0.2, 0.25) is 34.8 Å². The van der Waals surface area contributed by atoms with Gasteiger partial charge in [-0.2, -0.15) is 17.6 Å². The molecule has 3 aromatic carbocycles. The molecule has 190 valence electrons. The molecule has 3 aromatic rings. The summed E-state index contributed by atoms with van der Waals surface area (Å²) in [5.41, 5.74) is -2.15. The number of hydrogen-bond donors (Lipinski definition) is 0. The summed E-state index contributed by atoms with van der Waals surface area (Å²) in [6, 6.07) is 5.46. The molecule has 0 radical (unpaired) electrons. The number of esters is 6. The Morgan fingerprint density at radius 2 is 0.842 bits per heavy atom. The van der Waals surface area contributed by atoms with Crippen LogP contribution >= 0.6 is 0 Å². The summed E-state index contributed by atoms with van der Waals surface area (Å²) >= 11 is 0. The minimum atomic E-state index is -2.25. The highest BCUT2D eigenvalue weighted by Gasteiger charge is 2.34. The van der Waals surface area contributed by atoms with Gasteiger partial charge in [-0.05, 0) is 36.4 Å². The van der Waals surface area contributed by atoms with E-state index < -0.39 is 81.7 Å². The molecule has 0 N–H and O–H groups in total. The first kappa shape index (κ1) is 24.3. The van der Waals surface area contributed by atoms with Crippen molar-refractivity contribution in [3.05, 3.63) is 93.0 Å². The molecule has 0 amide bonds. The predicted octanol–water partition coefficient (Wildman–Crippen LogP) is 3.30. The van der Waals surface area contributed by atoms with Crippen molar-refractivity contribution in [2.45, 2.75) is 0 Å². The van der Waals surface area contributed by atoms with Crippen LogP contribution in [0.5, 0.6) is 11.5 Å². The number of cyclic esters (lactones) is 4. The van der Waals surface area contributed by atoms with Crippen molar-refractivity contribution < 1.29 is 65.3 Å². The average molecular weight is 530 g/mol. The van der Waals surface area contributed by atoms with E-state index in [0.29, 0.717) is 0 Å². The SMILES string of the molecule is O=C(Oc1c(F)c(F)c(OC(=O)c2ccc3c(c2)C(=O)OC3=O)c(F)c1F)c1ccc2c(c1)C(=O)OC2=O. The fourth-order valence-corrected chi connectivity index (χ4v) is 3.50. The Labute approximate surface area is 206 Å². The van der Waals surface area contributed by atoms with E-state index in [-0.39, 0.29) is 22.3 Å². The fraction of sp³-hybridized carbons (Fsp3) is 0. The summed E-state index contributed by atoms with van der Waals surface area (Å²) < 4.78 is 75.8. The standard InChI is InChI=1S/C24H6F4O10/c25-13-15(27)18(36-20(30)8-2-4-10-12(6-8)24(34)38-22(10)32)16(28)14(26)17(13)35-19(29)7-1-3-9-11(5-7)23(33)37-21(9)31/h1-6H. The zero-order valence-corrected chi connectivity index (χ0v) is 18.1. The van der Waals surface area contributed by atoms with Crippen LogP contribution in [0.2, 0.25) is 0 Å². The van der Waals surface area contributed by atoms with Crippen molar-refractivity contribution in [2.24, 2.45) is 0 Å². The largest absolute Gasteiger partial charge is 0.416 e. The minimum Gasteiger partial charge on any atom is -0.416 e. The lowest BCUT2D eigenvalue weighted by Gasteiger charge is -2.12. The number of halogens is 4. The van der Waals surface area contributed by atoms with Crippen molar-refractivity contribution in [3.8, 4) is 11.5 Å². The van der Waals surface area contributed by atoms with E-state index in [1.807, 2.05) is 0 Å². The highest BCUT2D eigenvalue weighted by Crippen LogP contribution is 2.36. The van der Waals surface area contributed by atoms with Crippen LogP contribution in [0.15, 0.2) is 36.4 Å². The monoisotopic (exact) mass is 530 g/mol. The highest BCUT2D eigenvalue weighted by molar-refractivity contribution is 6.16. The fourth-order valence-electron chi connectivity index (χ4n) is 3.50. The molecular weight excluding hydrogens is 524 g/mol. The van der Waals surface area contributed by atoms with Gasteiger partial charge in [0, 0.05) is 0 Å². The molecule has 0 aromatic heterocycles. The molecular formula is C24H6F4O10. The lowest BCUT2D eigenvalue weighted by molar-refractivity contribution is 0.0425. The first-order valence-electron chi connectivity index (χ1n) is 10.1. The Hall–Kier alpha value is -5.40. The minimum absolute atomic E-state index is 0.195. The van der Waals surface area contributed by atoms with Crippen LogP contribution < -0.4 is 9.47 Å². The van der Waals surface area contributed by atoms with Crippen LogP contribution in [0.3, 0.4) is 0 Å². The van der Waals surface area contributed by atoms with Gasteiger partial charge in [0.05, 0.1) is 33.4 Å². The number of ether oxygens (including phenoxy) is 4. The Balaban J connectivity index is 1.42. The van der Waals surface area contributed by atoms with E-state index in [1.165, 1.54) is 0 Å². The number of hydrogen-bond acceptors (Lipinski definition) is 10. The van der Waals surface area contributed by atoms with Gasteiger partial charge in [-0.1, -0.05) is 0 Å². The molecule has 0 atom stereocenters. The lowest BCUT2D eigenvalue weighted by Crippen LogP contribution is -2.16. The van der Waals surface area contributed by atoms with Gasteiger partial charge in [0.15, 0.2) is 0 Å². The third-order valence-electron chi connectivity index (χ3n) is 5.33. The van der Waals surface area contributed by atoms with Crippen LogP contribution in [-0.4, -0.2) is 35.8 Å². The molecule has 0 fully saturated rings. The number of benzene rings is 3. The molecule has 38 heavy (non-hydrogen) atoms. The van der Waals surface area contributed by atoms with Crippen molar-refractivity contribution in [1.29, 1.82) is 0 Å². The normalized spacial score (nSPS) is 13.6. The maximum atomic E-state index is 14.6. The number of fused-ring (bicyclic) bond motifs is 2. The zero-order chi connectivity index (χ0) is 27.5. The van der Waals surface area contributed by atoms with E-state index in [4.69, 9.17) is 0 Å². The van der Waals surface area contributed by atoms with Crippen LogP contribution in [0.4, 0.5) is 17.6 Å². The van der Waals surface area contributed by atoms with Gasteiger partial charge in [0.1, 0.15) is 0 Å². The molecule has 0 saturated heterocycles. The molecule has 14 heteroatoms. The van der Waals surface area contributed by atoms with Crippen LogP contribution in [-0.2, 0) is 9.47 Å². The number of carbonyl (C=O) groups is 6. The van der Waals surface area contributed by atoms with Gasteiger partial charge in [-0.25, -0.2) is 28.8 Å². The molecule has 10 nitrogen and oxygen atoms in total. The van der Waals surface area contributed by atoms with E-state index in [2.05, 4.69) is 18.9 Å². The molecule has 0 aliphatic carbocycles. The molecule has 2 aliphatic rings.